The van der Waals surface area contributed by atoms with Crippen molar-refractivity contribution in [3.63, 3.8) is 0 Å². The normalized spacial score (nSPS) is 12.5. The van der Waals surface area contributed by atoms with Gasteiger partial charge < -0.3 is 0 Å². The second kappa shape index (κ2) is 9.45. The molecule has 0 saturated heterocycles. The average Bonchev–Trinajstić information content (AvgIpc) is 2.72. The molecule has 0 radical (unpaired) electrons. The van der Waals surface area contributed by atoms with Crippen molar-refractivity contribution >= 4 is 40.5 Å². The molecule has 3 aromatic rings. The molecule has 6 heteroatoms. The quantitative estimate of drug-likeness (QED) is 0.189. The van der Waals surface area contributed by atoms with E-state index in [0.29, 0.717) is 9.77 Å². The van der Waals surface area contributed by atoms with Gasteiger partial charge in [0, 0.05) is 10.9 Å². The molecular weight excluding hydrogens is 402 g/mol. The van der Waals surface area contributed by atoms with E-state index in [0.717, 1.165) is 6.42 Å². The average molecular weight is 426 g/mol. The molecule has 0 aliphatic heterocycles. The molecule has 0 bridgehead atoms. The molecular formula is C22H23NO2S2Si. The predicted octanol–water partition coefficient (Wildman–Crippen LogP) is 6.10. The van der Waals surface area contributed by atoms with Gasteiger partial charge in [-0.25, -0.2) is 0 Å². The highest BCUT2D eigenvalue weighted by Gasteiger charge is 2.35. The molecule has 0 aliphatic carbocycles. The Labute approximate surface area is 175 Å². The van der Waals surface area contributed by atoms with E-state index in [1.54, 1.807) is 22.9 Å². The number of hydrogen-bond acceptors (Lipinski definition) is 4. The van der Waals surface area contributed by atoms with Crippen LogP contribution in [-0.4, -0.2) is 17.9 Å². The Bertz CT molecular complexity index is 920. The van der Waals surface area contributed by atoms with E-state index in [1.807, 2.05) is 18.2 Å². The van der Waals surface area contributed by atoms with Gasteiger partial charge in [0.1, 0.15) is 0 Å². The summed E-state index contributed by atoms with van der Waals surface area (Å²) >= 11 is 0. The predicted molar refractivity (Wildman–Crippen MR) is 124 cm³/mol. The highest BCUT2D eigenvalue weighted by Crippen LogP contribution is 2.42. The van der Waals surface area contributed by atoms with Gasteiger partial charge in [0.05, 0.1) is 17.9 Å². The van der Waals surface area contributed by atoms with Crippen molar-refractivity contribution in [2.45, 2.75) is 29.3 Å². The minimum absolute atomic E-state index is 0.178. The molecule has 0 fully saturated rings. The molecule has 28 heavy (non-hydrogen) atoms. The van der Waals surface area contributed by atoms with Gasteiger partial charge in [-0.2, -0.15) is 0 Å². The third-order valence-corrected chi connectivity index (χ3v) is 13.7. The summed E-state index contributed by atoms with van der Waals surface area (Å²) in [6, 6.07) is 28.2. The highest BCUT2D eigenvalue weighted by molar-refractivity contribution is 8.77. The van der Waals surface area contributed by atoms with Crippen molar-refractivity contribution in [1.29, 1.82) is 0 Å². The zero-order valence-corrected chi connectivity index (χ0v) is 18.6. The number of nitro benzene ring substituents is 1. The summed E-state index contributed by atoms with van der Waals surface area (Å²) in [4.78, 5) is 12.2. The van der Waals surface area contributed by atoms with Crippen LogP contribution in [0.25, 0.3) is 0 Å². The number of rotatable bonds is 8. The third kappa shape index (κ3) is 5.07. The van der Waals surface area contributed by atoms with E-state index >= 15 is 0 Å². The van der Waals surface area contributed by atoms with Crippen LogP contribution in [0.4, 0.5) is 5.69 Å². The van der Waals surface area contributed by atoms with Crippen molar-refractivity contribution in [2.75, 3.05) is 0 Å². The summed E-state index contributed by atoms with van der Waals surface area (Å²) in [6.45, 7) is 4.78. The minimum atomic E-state index is -1.82. The van der Waals surface area contributed by atoms with Gasteiger partial charge in [0.15, 0.2) is 0 Å². The Morgan fingerprint density at radius 1 is 0.893 bits per heavy atom. The maximum Gasteiger partial charge on any atom is 0.283 e. The van der Waals surface area contributed by atoms with Crippen LogP contribution in [-0.2, 0) is 6.42 Å². The van der Waals surface area contributed by atoms with Crippen molar-refractivity contribution in [2.24, 2.45) is 0 Å². The van der Waals surface area contributed by atoms with Crippen molar-refractivity contribution in [1.82, 2.24) is 0 Å². The van der Waals surface area contributed by atoms with E-state index in [9.17, 15) is 10.1 Å². The monoisotopic (exact) mass is 425 g/mol. The van der Waals surface area contributed by atoms with Gasteiger partial charge in [-0.05, 0) is 18.1 Å². The van der Waals surface area contributed by atoms with Crippen molar-refractivity contribution in [3.8, 4) is 0 Å². The van der Waals surface area contributed by atoms with Crippen LogP contribution < -0.4 is 5.19 Å². The van der Waals surface area contributed by atoms with Gasteiger partial charge in [-0.3, -0.25) is 10.1 Å². The zero-order chi connectivity index (χ0) is 20.0. The van der Waals surface area contributed by atoms with Crippen LogP contribution in [0.15, 0.2) is 89.8 Å². The lowest BCUT2D eigenvalue weighted by Crippen LogP contribution is -2.51. The van der Waals surface area contributed by atoms with Gasteiger partial charge in [0.25, 0.3) is 5.69 Å². The van der Waals surface area contributed by atoms with E-state index in [-0.39, 0.29) is 10.6 Å². The first-order valence-corrected chi connectivity index (χ1v) is 14.4. The Kier molecular flexibility index (Phi) is 6.99. The summed E-state index contributed by atoms with van der Waals surface area (Å²) < 4.78 is 0. The van der Waals surface area contributed by atoms with Crippen LogP contribution in [0.5, 0.6) is 0 Å². The van der Waals surface area contributed by atoms with Crippen molar-refractivity contribution < 1.29 is 4.92 Å². The first-order valence-electron chi connectivity index (χ1n) is 9.14. The Morgan fingerprint density at radius 3 is 2.11 bits per heavy atom. The fourth-order valence-electron chi connectivity index (χ4n) is 3.08. The summed E-state index contributed by atoms with van der Waals surface area (Å²) in [7, 11) is 1.49. The van der Waals surface area contributed by atoms with Crippen LogP contribution in [0, 0.1) is 10.1 Å². The van der Waals surface area contributed by atoms with Gasteiger partial charge >= 0.3 is 0 Å². The highest BCUT2D eigenvalue weighted by atomic mass is 33.1. The topological polar surface area (TPSA) is 43.1 Å². The van der Waals surface area contributed by atoms with Crippen LogP contribution in [0.2, 0.25) is 13.1 Å². The standard InChI is InChI=1S/C22H23NO2S2Si/c1-28(2,19-13-7-4-8-14-19)22(17-18-11-5-3-6-12-18)27-26-21-16-10-9-15-20(21)23(24)25/h3-16,22H,17H2,1-2H3. The van der Waals surface area contributed by atoms with E-state index in [1.165, 1.54) is 21.5 Å². The molecule has 3 nitrogen and oxygen atoms in total. The number of benzene rings is 3. The Hall–Kier alpha value is -2.02. The lowest BCUT2D eigenvalue weighted by atomic mass is 10.2. The zero-order valence-electron chi connectivity index (χ0n) is 15.9. The van der Waals surface area contributed by atoms with Gasteiger partial charge in [0.2, 0.25) is 0 Å². The van der Waals surface area contributed by atoms with E-state index in [4.69, 9.17) is 0 Å². The van der Waals surface area contributed by atoms with Crippen LogP contribution >= 0.6 is 21.6 Å². The van der Waals surface area contributed by atoms with Gasteiger partial charge in [-0.15, -0.1) is 0 Å². The molecule has 3 rings (SSSR count). The molecule has 144 valence electrons. The Morgan fingerprint density at radius 2 is 1.46 bits per heavy atom. The maximum atomic E-state index is 11.4. The number of para-hydroxylation sites is 1. The molecule has 0 heterocycles. The fraction of sp³-hybridized carbons (Fsp3) is 0.182. The lowest BCUT2D eigenvalue weighted by molar-refractivity contribution is -0.387. The molecule has 0 aromatic heterocycles. The second-order valence-electron chi connectivity index (χ2n) is 7.17. The molecule has 0 N–H and O–H groups in total. The minimum Gasteiger partial charge on any atom is -0.258 e. The second-order valence-corrected chi connectivity index (χ2v) is 14.8. The molecule has 3 aromatic carbocycles. The van der Waals surface area contributed by atoms with Crippen LogP contribution in [0.3, 0.4) is 0 Å². The molecule has 0 amide bonds. The molecule has 1 unspecified atom stereocenters. The molecule has 0 aliphatic rings. The van der Waals surface area contributed by atoms with E-state index < -0.39 is 8.07 Å². The first kappa shape index (κ1) is 20.7. The summed E-state index contributed by atoms with van der Waals surface area (Å²) in [5.74, 6) is 0. The van der Waals surface area contributed by atoms with E-state index in [2.05, 4.69) is 67.7 Å². The number of nitrogens with zero attached hydrogens (tertiary/aromatic N) is 1. The molecule has 0 saturated carbocycles. The number of nitro groups is 1. The summed E-state index contributed by atoms with van der Waals surface area (Å²) in [5, 5.41) is 12.8. The van der Waals surface area contributed by atoms with Gasteiger partial charge in [-0.1, -0.05) is 113 Å². The SMILES string of the molecule is C[Si](C)(c1ccccc1)C(Cc1ccccc1)SSc1ccccc1[N+](=O)[O-]. The van der Waals surface area contributed by atoms with Crippen molar-refractivity contribution in [3.05, 3.63) is 101 Å². The third-order valence-electron chi connectivity index (χ3n) is 4.90. The number of hydrogen-bond donors (Lipinski definition) is 0. The molecule has 0 spiro atoms. The largest absolute Gasteiger partial charge is 0.283 e. The fourth-order valence-corrected chi connectivity index (χ4v) is 11.3. The smallest absolute Gasteiger partial charge is 0.258 e. The molecule has 1 atom stereocenters. The maximum absolute atomic E-state index is 11.4. The summed E-state index contributed by atoms with van der Waals surface area (Å²) in [6.07, 6.45) is 0.952. The summed E-state index contributed by atoms with van der Waals surface area (Å²) in [5.41, 5.74) is 1.48. The lowest BCUT2D eigenvalue weighted by Gasteiger charge is -2.32. The first-order chi connectivity index (χ1) is 13.5. The Balaban J connectivity index is 1.88. The van der Waals surface area contributed by atoms with Crippen LogP contribution in [0.1, 0.15) is 5.56 Å².